The summed E-state index contributed by atoms with van der Waals surface area (Å²) in [6.07, 6.45) is 3.70. The standard InChI is InChI=1S/C12H16Cl2N2O4S/c1-2-20-9(17)7-16-12(13)11(21(14,18)19)10(15-16)8-5-3-4-6-8/h8H,2-7H2,1H3. The highest BCUT2D eigenvalue weighted by Gasteiger charge is 2.32. The zero-order chi connectivity index (χ0) is 15.6. The first kappa shape index (κ1) is 16.6. The molecule has 0 radical (unpaired) electrons. The van der Waals surface area contributed by atoms with Crippen molar-refractivity contribution < 1.29 is 17.9 Å². The lowest BCUT2D eigenvalue weighted by Gasteiger charge is -2.06. The van der Waals surface area contributed by atoms with Crippen LogP contribution in [0.2, 0.25) is 5.15 Å². The summed E-state index contributed by atoms with van der Waals surface area (Å²) in [5, 5.41) is 4.06. The van der Waals surface area contributed by atoms with E-state index in [1.54, 1.807) is 6.92 Å². The van der Waals surface area contributed by atoms with Gasteiger partial charge in [-0.1, -0.05) is 24.4 Å². The van der Waals surface area contributed by atoms with E-state index in [4.69, 9.17) is 27.0 Å². The van der Waals surface area contributed by atoms with Crippen molar-refractivity contribution in [3.05, 3.63) is 10.8 Å². The maximum Gasteiger partial charge on any atom is 0.327 e. The SMILES string of the molecule is CCOC(=O)Cn1nc(C2CCCC2)c(S(=O)(=O)Cl)c1Cl. The molecule has 9 heteroatoms. The van der Waals surface area contributed by atoms with Gasteiger partial charge in [0.2, 0.25) is 0 Å². The zero-order valence-electron chi connectivity index (χ0n) is 11.5. The minimum atomic E-state index is -4.02. The van der Waals surface area contributed by atoms with Gasteiger partial charge in [0.15, 0.2) is 0 Å². The molecular formula is C12H16Cl2N2O4S. The monoisotopic (exact) mass is 354 g/mol. The lowest BCUT2D eigenvalue weighted by atomic mass is 10.1. The molecule has 0 aromatic carbocycles. The first-order valence-corrected chi connectivity index (χ1v) is 9.39. The van der Waals surface area contributed by atoms with E-state index >= 15 is 0 Å². The molecule has 2 rings (SSSR count). The van der Waals surface area contributed by atoms with Gasteiger partial charge in [-0.3, -0.25) is 4.79 Å². The highest BCUT2D eigenvalue weighted by Crippen LogP contribution is 2.40. The minimum Gasteiger partial charge on any atom is -0.465 e. The molecule has 1 heterocycles. The second kappa shape index (κ2) is 6.54. The molecule has 1 aromatic rings. The Morgan fingerprint density at radius 1 is 1.43 bits per heavy atom. The number of aromatic nitrogens is 2. The molecule has 0 amide bonds. The van der Waals surface area contributed by atoms with Crippen LogP contribution < -0.4 is 0 Å². The van der Waals surface area contributed by atoms with Crippen LogP contribution in [0, 0.1) is 0 Å². The highest BCUT2D eigenvalue weighted by atomic mass is 35.7. The quantitative estimate of drug-likeness (QED) is 0.599. The van der Waals surface area contributed by atoms with Crippen molar-refractivity contribution in [2.45, 2.75) is 50.0 Å². The molecule has 0 saturated heterocycles. The third-order valence-electron chi connectivity index (χ3n) is 3.44. The van der Waals surface area contributed by atoms with E-state index in [2.05, 4.69) is 5.10 Å². The van der Waals surface area contributed by atoms with Crippen LogP contribution in [-0.2, 0) is 25.1 Å². The van der Waals surface area contributed by atoms with Gasteiger partial charge >= 0.3 is 5.97 Å². The smallest absolute Gasteiger partial charge is 0.327 e. The number of nitrogens with zero attached hydrogens (tertiary/aromatic N) is 2. The maximum absolute atomic E-state index is 11.8. The number of rotatable bonds is 5. The Kier molecular flexibility index (Phi) is 5.16. The van der Waals surface area contributed by atoms with Crippen LogP contribution in [0.15, 0.2) is 4.90 Å². The molecule has 118 valence electrons. The Labute approximate surface area is 132 Å². The number of carbonyl (C=O) groups is 1. The van der Waals surface area contributed by atoms with E-state index in [0.29, 0.717) is 5.69 Å². The Balaban J connectivity index is 2.42. The van der Waals surface area contributed by atoms with E-state index in [-0.39, 0.29) is 29.1 Å². The van der Waals surface area contributed by atoms with Gasteiger partial charge in [0.25, 0.3) is 9.05 Å². The van der Waals surface area contributed by atoms with Crippen LogP contribution in [-0.4, -0.2) is 30.8 Å². The van der Waals surface area contributed by atoms with Gasteiger partial charge in [0, 0.05) is 16.6 Å². The summed E-state index contributed by atoms with van der Waals surface area (Å²) < 4.78 is 29.5. The third kappa shape index (κ3) is 3.70. The van der Waals surface area contributed by atoms with Crippen molar-refractivity contribution >= 4 is 37.3 Å². The van der Waals surface area contributed by atoms with Gasteiger partial charge in [0.05, 0.1) is 12.3 Å². The van der Waals surface area contributed by atoms with Crippen LogP contribution in [0.25, 0.3) is 0 Å². The summed E-state index contributed by atoms with van der Waals surface area (Å²) in [4.78, 5) is 11.4. The molecule has 21 heavy (non-hydrogen) atoms. The number of ether oxygens (including phenoxy) is 1. The number of hydrogen-bond acceptors (Lipinski definition) is 5. The summed E-state index contributed by atoms with van der Waals surface area (Å²) in [6.45, 7) is 1.67. The lowest BCUT2D eigenvalue weighted by molar-refractivity contribution is -0.144. The average Bonchev–Trinajstić information content (AvgIpc) is 2.97. The van der Waals surface area contributed by atoms with Crippen molar-refractivity contribution in [3.63, 3.8) is 0 Å². The summed E-state index contributed by atoms with van der Waals surface area (Å²) >= 11 is 6.07. The van der Waals surface area contributed by atoms with Crippen LogP contribution in [0.1, 0.15) is 44.2 Å². The number of carbonyl (C=O) groups excluding carboxylic acids is 1. The molecule has 0 spiro atoms. The van der Waals surface area contributed by atoms with Gasteiger partial charge < -0.3 is 4.74 Å². The molecule has 0 atom stereocenters. The molecule has 0 bridgehead atoms. The van der Waals surface area contributed by atoms with Crippen LogP contribution in [0.4, 0.5) is 0 Å². The van der Waals surface area contributed by atoms with Gasteiger partial charge in [0.1, 0.15) is 16.6 Å². The average molecular weight is 355 g/mol. The Morgan fingerprint density at radius 3 is 2.57 bits per heavy atom. The molecule has 1 saturated carbocycles. The van der Waals surface area contributed by atoms with Crippen LogP contribution >= 0.6 is 22.3 Å². The Hall–Kier alpha value is -0.790. The van der Waals surface area contributed by atoms with Crippen molar-refractivity contribution in [1.29, 1.82) is 0 Å². The van der Waals surface area contributed by atoms with E-state index in [1.165, 1.54) is 0 Å². The van der Waals surface area contributed by atoms with Gasteiger partial charge in [-0.2, -0.15) is 5.10 Å². The van der Waals surface area contributed by atoms with Gasteiger partial charge in [-0.15, -0.1) is 0 Å². The summed E-state index contributed by atoms with van der Waals surface area (Å²) in [6, 6.07) is 0. The molecule has 0 unspecified atom stereocenters. The van der Waals surface area contributed by atoms with Crippen molar-refractivity contribution in [2.75, 3.05) is 6.61 Å². The summed E-state index contributed by atoms with van der Waals surface area (Å²) in [5.41, 5.74) is 0.358. The molecule has 0 N–H and O–H groups in total. The molecule has 0 aliphatic heterocycles. The molecule has 1 fully saturated rings. The predicted molar refractivity (Wildman–Crippen MR) is 78.1 cm³/mol. The van der Waals surface area contributed by atoms with Crippen molar-refractivity contribution in [3.8, 4) is 0 Å². The number of esters is 1. The van der Waals surface area contributed by atoms with Crippen LogP contribution in [0.3, 0.4) is 0 Å². The topological polar surface area (TPSA) is 78.3 Å². The minimum absolute atomic E-state index is 0.00877. The maximum atomic E-state index is 11.8. The Morgan fingerprint density at radius 2 is 2.05 bits per heavy atom. The largest absolute Gasteiger partial charge is 0.465 e. The lowest BCUT2D eigenvalue weighted by Crippen LogP contribution is -2.15. The molecular weight excluding hydrogens is 339 g/mol. The van der Waals surface area contributed by atoms with Crippen molar-refractivity contribution in [1.82, 2.24) is 9.78 Å². The fourth-order valence-corrected chi connectivity index (χ4v) is 4.41. The Bertz CT molecular complexity index is 636. The van der Waals surface area contributed by atoms with E-state index in [9.17, 15) is 13.2 Å². The fraction of sp³-hybridized carbons (Fsp3) is 0.667. The third-order valence-corrected chi connectivity index (χ3v) is 5.29. The van der Waals surface area contributed by atoms with Crippen molar-refractivity contribution in [2.24, 2.45) is 0 Å². The highest BCUT2D eigenvalue weighted by molar-refractivity contribution is 8.13. The molecule has 1 aliphatic rings. The second-order valence-electron chi connectivity index (χ2n) is 4.89. The zero-order valence-corrected chi connectivity index (χ0v) is 13.8. The van der Waals surface area contributed by atoms with Gasteiger partial charge in [-0.05, 0) is 19.8 Å². The van der Waals surface area contributed by atoms with Gasteiger partial charge in [-0.25, -0.2) is 13.1 Å². The summed E-state index contributed by atoms with van der Waals surface area (Å²) in [5.74, 6) is -0.520. The van der Waals surface area contributed by atoms with E-state index in [0.717, 1.165) is 30.4 Å². The number of hydrogen-bond donors (Lipinski definition) is 0. The first-order chi connectivity index (χ1) is 9.84. The predicted octanol–water partition coefficient (Wildman–Crippen LogP) is 2.68. The molecule has 6 nitrogen and oxygen atoms in total. The molecule has 1 aromatic heterocycles. The molecule has 1 aliphatic carbocycles. The second-order valence-corrected chi connectivity index (χ2v) is 7.75. The fourth-order valence-electron chi connectivity index (χ4n) is 2.57. The summed E-state index contributed by atoms with van der Waals surface area (Å²) in [7, 11) is 1.45. The van der Waals surface area contributed by atoms with Crippen LogP contribution in [0.5, 0.6) is 0 Å². The van der Waals surface area contributed by atoms with E-state index < -0.39 is 15.0 Å². The number of halogens is 2. The first-order valence-electron chi connectivity index (χ1n) is 6.71. The van der Waals surface area contributed by atoms with E-state index in [1.807, 2.05) is 0 Å². The normalized spacial score (nSPS) is 16.3.